The number of carbonyl (C=O) groups excluding carboxylic acids is 2. The molecule has 3 aromatic rings. The molecule has 2 heterocycles. The molecule has 0 fully saturated rings. The summed E-state index contributed by atoms with van der Waals surface area (Å²) in [6.45, 7) is 0.252. The molecule has 1 aromatic carbocycles. The molecular formula is C19H18N4O4. The third-order valence-corrected chi connectivity index (χ3v) is 3.71. The predicted octanol–water partition coefficient (Wildman–Crippen LogP) is 1.05. The van der Waals surface area contributed by atoms with Crippen molar-refractivity contribution in [3.05, 3.63) is 77.0 Å². The summed E-state index contributed by atoms with van der Waals surface area (Å²) in [5.41, 5.74) is 1.09. The average Bonchev–Trinajstić information content (AvgIpc) is 3.22. The number of aromatic nitrogens is 2. The van der Waals surface area contributed by atoms with E-state index >= 15 is 0 Å². The lowest BCUT2D eigenvalue weighted by Crippen LogP contribution is -2.38. The average molecular weight is 366 g/mol. The predicted molar refractivity (Wildman–Crippen MR) is 98.0 cm³/mol. The van der Waals surface area contributed by atoms with Crippen molar-refractivity contribution in [1.82, 2.24) is 20.4 Å². The van der Waals surface area contributed by atoms with Gasteiger partial charge in [0.1, 0.15) is 6.54 Å². The van der Waals surface area contributed by atoms with Crippen LogP contribution in [0.1, 0.15) is 10.6 Å². The molecule has 0 aliphatic heterocycles. The number of nitrogens with one attached hydrogen (secondary N) is 2. The van der Waals surface area contributed by atoms with E-state index in [9.17, 15) is 14.4 Å². The number of furan rings is 1. The molecule has 0 aliphatic carbocycles. The van der Waals surface area contributed by atoms with Crippen molar-refractivity contribution >= 4 is 11.8 Å². The lowest BCUT2D eigenvalue weighted by atomic mass is 10.1. The lowest BCUT2D eigenvalue weighted by Gasteiger charge is -2.08. The molecule has 0 radical (unpaired) electrons. The van der Waals surface area contributed by atoms with E-state index in [0.29, 0.717) is 5.69 Å². The zero-order chi connectivity index (χ0) is 19.1. The fraction of sp³-hybridized carbons (Fsp3) is 0.158. The van der Waals surface area contributed by atoms with Gasteiger partial charge < -0.3 is 15.1 Å². The molecule has 27 heavy (non-hydrogen) atoms. The van der Waals surface area contributed by atoms with Crippen LogP contribution in [0, 0.1) is 0 Å². The monoisotopic (exact) mass is 366 g/mol. The van der Waals surface area contributed by atoms with Crippen molar-refractivity contribution in [2.75, 3.05) is 13.1 Å². The minimum atomic E-state index is -0.373. The van der Waals surface area contributed by atoms with Gasteiger partial charge in [-0.25, -0.2) is 4.68 Å². The van der Waals surface area contributed by atoms with E-state index in [4.69, 9.17) is 4.42 Å². The van der Waals surface area contributed by atoms with Crippen LogP contribution in [0.4, 0.5) is 0 Å². The summed E-state index contributed by atoms with van der Waals surface area (Å²) in [6, 6.07) is 15.5. The van der Waals surface area contributed by atoms with E-state index in [2.05, 4.69) is 15.7 Å². The molecular weight excluding hydrogens is 348 g/mol. The Labute approximate surface area is 154 Å². The number of nitrogens with zero attached hydrogens (tertiary/aromatic N) is 2. The molecule has 0 aliphatic rings. The van der Waals surface area contributed by atoms with E-state index in [-0.39, 0.29) is 42.8 Å². The standard InChI is InChI=1S/C19H18N4O4/c24-17(20-10-11-21-19(26)16-7-4-12-27-16)13-23-18(25)9-8-15(22-23)14-5-2-1-3-6-14/h1-9,12H,10-11,13H2,(H,20,24)(H,21,26). The van der Waals surface area contributed by atoms with Gasteiger partial charge in [0.05, 0.1) is 12.0 Å². The first-order valence-electron chi connectivity index (χ1n) is 8.35. The molecule has 0 saturated carbocycles. The van der Waals surface area contributed by atoms with Crippen LogP contribution in [0.2, 0.25) is 0 Å². The van der Waals surface area contributed by atoms with Crippen LogP contribution >= 0.6 is 0 Å². The maximum absolute atomic E-state index is 12.0. The van der Waals surface area contributed by atoms with Gasteiger partial charge in [0, 0.05) is 24.7 Å². The van der Waals surface area contributed by atoms with Crippen LogP contribution in [0.15, 0.2) is 70.1 Å². The van der Waals surface area contributed by atoms with Crippen molar-refractivity contribution in [3.8, 4) is 11.3 Å². The maximum Gasteiger partial charge on any atom is 0.287 e. The van der Waals surface area contributed by atoms with Crippen LogP contribution in [0.25, 0.3) is 11.3 Å². The van der Waals surface area contributed by atoms with E-state index in [1.165, 1.54) is 12.3 Å². The summed E-state index contributed by atoms with van der Waals surface area (Å²) in [5.74, 6) is -0.528. The number of rotatable bonds is 7. The summed E-state index contributed by atoms with van der Waals surface area (Å²) in [7, 11) is 0. The summed E-state index contributed by atoms with van der Waals surface area (Å²) < 4.78 is 6.08. The number of hydrogen-bond donors (Lipinski definition) is 2. The van der Waals surface area contributed by atoms with Gasteiger partial charge in [-0.15, -0.1) is 0 Å². The van der Waals surface area contributed by atoms with Gasteiger partial charge in [0.2, 0.25) is 5.91 Å². The van der Waals surface area contributed by atoms with Crippen LogP contribution in [0.3, 0.4) is 0 Å². The minimum Gasteiger partial charge on any atom is -0.459 e. The Morgan fingerprint density at radius 1 is 0.963 bits per heavy atom. The van der Waals surface area contributed by atoms with Gasteiger partial charge in [-0.2, -0.15) is 5.10 Å². The summed E-state index contributed by atoms with van der Waals surface area (Å²) in [4.78, 5) is 35.7. The molecule has 2 amide bonds. The van der Waals surface area contributed by atoms with Crippen molar-refractivity contribution in [2.45, 2.75) is 6.54 Å². The molecule has 8 nitrogen and oxygen atoms in total. The first kappa shape index (κ1) is 18.1. The normalized spacial score (nSPS) is 10.4. The van der Waals surface area contributed by atoms with Gasteiger partial charge in [-0.05, 0) is 18.2 Å². The highest BCUT2D eigenvalue weighted by atomic mass is 16.3. The Bertz CT molecular complexity index is 965. The van der Waals surface area contributed by atoms with Gasteiger partial charge in [0.15, 0.2) is 5.76 Å². The zero-order valence-corrected chi connectivity index (χ0v) is 14.4. The highest BCUT2D eigenvalue weighted by Crippen LogP contribution is 2.13. The molecule has 138 valence electrons. The van der Waals surface area contributed by atoms with Gasteiger partial charge in [-0.3, -0.25) is 14.4 Å². The van der Waals surface area contributed by atoms with E-state index < -0.39 is 0 Å². The Balaban J connectivity index is 1.52. The van der Waals surface area contributed by atoms with Gasteiger partial charge in [-0.1, -0.05) is 30.3 Å². The molecule has 2 N–H and O–H groups in total. The topological polar surface area (TPSA) is 106 Å². The first-order chi connectivity index (χ1) is 13.1. The molecule has 8 heteroatoms. The number of benzene rings is 1. The Kier molecular flexibility index (Phi) is 5.78. The van der Waals surface area contributed by atoms with E-state index in [1.54, 1.807) is 18.2 Å². The molecule has 0 bridgehead atoms. The molecule has 2 aromatic heterocycles. The van der Waals surface area contributed by atoms with E-state index in [1.807, 2.05) is 30.3 Å². The SMILES string of the molecule is O=C(Cn1nc(-c2ccccc2)ccc1=O)NCCNC(=O)c1ccco1. The zero-order valence-electron chi connectivity index (χ0n) is 14.4. The Morgan fingerprint density at radius 2 is 1.74 bits per heavy atom. The highest BCUT2D eigenvalue weighted by molar-refractivity contribution is 5.91. The fourth-order valence-electron chi connectivity index (χ4n) is 2.39. The number of amides is 2. The first-order valence-corrected chi connectivity index (χ1v) is 8.35. The smallest absolute Gasteiger partial charge is 0.287 e. The Hall–Kier alpha value is -3.68. The largest absolute Gasteiger partial charge is 0.459 e. The van der Waals surface area contributed by atoms with Crippen LogP contribution in [-0.4, -0.2) is 34.7 Å². The number of hydrogen-bond acceptors (Lipinski definition) is 5. The van der Waals surface area contributed by atoms with Crippen molar-refractivity contribution in [1.29, 1.82) is 0 Å². The molecule has 0 saturated heterocycles. The second-order valence-corrected chi connectivity index (χ2v) is 5.66. The lowest BCUT2D eigenvalue weighted by molar-refractivity contribution is -0.121. The third-order valence-electron chi connectivity index (χ3n) is 3.71. The molecule has 3 rings (SSSR count). The fourth-order valence-corrected chi connectivity index (χ4v) is 2.39. The second kappa shape index (κ2) is 8.61. The van der Waals surface area contributed by atoms with Gasteiger partial charge >= 0.3 is 0 Å². The molecule has 0 atom stereocenters. The molecule has 0 spiro atoms. The van der Waals surface area contributed by atoms with Gasteiger partial charge in [0.25, 0.3) is 11.5 Å². The summed E-state index contributed by atoms with van der Waals surface area (Å²) >= 11 is 0. The van der Waals surface area contributed by atoms with Crippen LogP contribution in [-0.2, 0) is 11.3 Å². The van der Waals surface area contributed by atoms with Crippen LogP contribution < -0.4 is 16.2 Å². The Morgan fingerprint density at radius 3 is 2.48 bits per heavy atom. The van der Waals surface area contributed by atoms with Crippen molar-refractivity contribution in [3.63, 3.8) is 0 Å². The van der Waals surface area contributed by atoms with Crippen molar-refractivity contribution in [2.24, 2.45) is 0 Å². The van der Waals surface area contributed by atoms with Crippen LogP contribution in [0.5, 0.6) is 0 Å². The van der Waals surface area contributed by atoms with E-state index in [0.717, 1.165) is 10.2 Å². The second-order valence-electron chi connectivity index (χ2n) is 5.66. The minimum absolute atomic E-state index is 0.203. The highest BCUT2D eigenvalue weighted by Gasteiger charge is 2.09. The summed E-state index contributed by atoms with van der Waals surface area (Å²) in [5, 5.41) is 9.48. The number of carbonyl (C=O) groups is 2. The maximum atomic E-state index is 12.0. The quantitative estimate of drug-likeness (QED) is 0.608. The summed E-state index contributed by atoms with van der Waals surface area (Å²) in [6.07, 6.45) is 1.41. The molecule has 0 unspecified atom stereocenters. The third kappa shape index (κ3) is 4.91. The van der Waals surface area contributed by atoms with Crippen molar-refractivity contribution < 1.29 is 14.0 Å².